The van der Waals surface area contributed by atoms with E-state index in [1.807, 2.05) is 0 Å². The van der Waals surface area contributed by atoms with Crippen LogP contribution in [-0.4, -0.2) is 48.3 Å². The van der Waals surface area contributed by atoms with Gasteiger partial charge in [-0.25, -0.2) is 13.1 Å². The van der Waals surface area contributed by atoms with Crippen LogP contribution >= 0.6 is 23.2 Å². The zero-order valence-corrected chi connectivity index (χ0v) is 22.2. The van der Waals surface area contributed by atoms with E-state index in [0.29, 0.717) is 16.5 Å². The minimum Gasteiger partial charge on any atom is -0.481 e. The van der Waals surface area contributed by atoms with Crippen molar-refractivity contribution in [3.05, 3.63) is 76.5 Å². The van der Waals surface area contributed by atoms with E-state index in [2.05, 4.69) is 25.1 Å². The van der Waals surface area contributed by atoms with Gasteiger partial charge in [0.2, 0.25) is 5.88 Å². The van der Waals surface area contributed by atoms with Gasteiger partial charge < -0.3 is 19.5 Å². The Morgan fingerprint density at radius 3 is 2.50 bits per heavy atom. The Morgan fingerprint density at radius 1 is 1.03 bits per heavy atom. The fourth-order valence-corrected chi connectivity index (χ4v) is 4.39. The van der Waals surface area contributed by atoms with Crippen LogP contribution in [0.5, 0.6) is 17.6 Å². The van der Waals surface area contributed by atoms with E-state index in [1.165, 1.54) is 55.3 Å². The van der Waals surface area contributed by atoms with E-state index >= 15 is 0 Å². The molecule has 0 aliphatic rings. The Kier molecular flexibility index (Phi) is 8.20. The van der Waals surface area contributed by atoms with Crippen molar-refractivity contribution in [3.8, 4) is 17.6 Å². The first kappa shape index (κ1) is 27.0. The highest BCUT2D eigenvalue weighted by molar-refractivity contribution is 7.92. The fraction of sp³-hybridized carbons (Fsp3) is 0.130. The number of amides is 1. The Morgan fingerprint density at radius 2 is 1.79 bits per heavy atom. The maximum absolute atomic E-state index is 12.8. The van der Waals surface area contributed by atoms with Gasteiger partial charge in [-0.1, -0.05) is 29.3 Å². The van der Waals surface area contributed by atoms with Gasteiger partial charge in [0, 0.05) is 18.0 Å². The normalized spacial score (nSPS) is 11.1. The smallest absolute Gasteiger partial charge is 0.321 e. The summed E-state index contributed by atoms with van der Waals surface area (Å²) in [6.07, 6.45) is 1.56. The number of anilines is 2. The number of methoxy groups -OCH3 is 2. The second-order valence-corrected chi connectivity index (χ2v) is 9.90. The van der Waals surface area contributed by atoms with Crippen molar-refractivity contribution >= 4 is 50.6 Å². The molecule has 2 N–H and O–H groups in total. The third-order valence-electron chi connectivity index (χ3n) is 4.88. The van der Waals surface area contributed by atoms with Crippen molar-refractivity contribution < 1.29 is 27.4 Å². The molecule has 0 spiro atoms. The van der Waals surface area contributed by atoms with E-state index in [0.717, 1.165) is 0 Å². The molecule has 4 rings (SSSR count). The average molecular weight is 579 g/mol. The molecule has 0 radical (unpaired) electrons. The molecule has 2 aromatic heterocycles. The molecule has 2 heterocycles. The number of sulfonamides is 1. The summed E-state index contributed by atoms with van der Waals surface area (Å²) in [4.78, 5) is 20.4. The summed E-state index contributed by atoms with van der Waals surface area (Å²) in [6, 6.07) is 13.3. The van der Waals surface area contributed by atoms with Crippen LogP contribution in [0.2, 0.25) is 10.0 Å². The van der Waals surface area contributed by atoms with Gasteiger partial charge >= 0.3 is 6.01 Å². The van der Waals surface area contributed by atoms with Crippen molar-refractivity contribution in [2.45, 2.75) is 11.6 Å². The van der Waals surface area contributed by atoms with Gasteiger partial charge in [-0.15, -0.1) is 0 Å². The molecule has 1 amide bonds. The van der Waals surface area contributed by atoms with Crippen molar-refractivity contribution in [3.63, 3.8) is 0 Å². The van der Waals surface area contributed by atoms with Crippen molar-refractivity contribution in [2.24, 2.45) is 0 Å². The molecule has 198 valence electrons. The Hall–Kier alpha value is -4.07. The number of halogens is 2. The standard InChI is InChI=1S/C23H20Cl2N6O6S/c1-35-20-12-19(27-23(28-20)36-2)30-38(33,34)15-8-6-14(7-9-15)26-22(32)17-10-11-31(29-17)13-37-18-5-3-4-16(24)21(18)25/h3-12H,13H2,1-2H3,(H,26,32)(H,27,28,30). The molecule has 0 atom stereocenters. The predicted octanol–water partition coefficient (Wildman–Crippen LogP) is 4.09. The number of carbonyl (C=O) groups excluding carboxylic acids is 1. The summed E-state index contributed by atoms with van der Waals surface area (Å²) in [5, 5.41) is 7.46. The lowest BCUT2D eigenvalue weighted by Crippen LogP contribution is -2.16. The summed E-state index contributed by atoms with van der Waals surface area (Å²) >= 11 is 12.1. The lowest BCUT2D eigenvalue weighted by molar-refractivity contribution is 0.102. The summed E-state index contributed by atoms with van der Waals surface area (Å²) in [5.41, 5.74) is 0.478. The van der Waals surface area contributed by atoms with Gasteiger partial charge in [-0.3, -0.25) is 9.52 Å². The van der Waals surface area contributed by atoms with Gasteiger partial charge in [0.1, 0.15) is 10.8 Å². The van der Waals surface area contributed by atoms with Crippen LogP contribution in [0.15, 0.2) is 65.7 Å². The lowest BCUT2D eigenvalue weighted by atomic mass is 10.3. The second kappa shape index (κ2) is 11.5. The molecule has 0 fully saturated rings. The van der Waals surface area contributed by atoms with E-state index < -0.39 is 15.9 Å². The molecule has 0 aliphatic heterocycles. The zero-order valence-electron chi connectivity index (χ0n) is 19.9. The topological polar surface area (TPSA) is 147 Å². The molecule has 0 aliphatic carbocycles. The zero-order chi connectivity index (χ0) is 27.3. The highest BCUT2D eigenvalue weighted by Crippen LogP contribution is 2.31. The maximum Gasteiger partial charge on any atom is 0.321 e. The van der Waals surface area contributed by atoms with Crippen molar-refractivity contribution in [1.82, 2.24) is 19.7 Å². The minimum absolute atomic E-state index is 0.00299. The predicted molar refractivity (Wildman–Crippen MR) is 140 cm³/mol. The number of carbonyl (C=O) groups is 1. The number of nitrogens with zero attached hydrogens (tertiary/aromatic N) is 4. The molecule has 12 nitrogen and oxygen atoms in total. The van der Waals surface area contributed by atoms with Gasteiger partial charge in [-0.2, -0.15) is 15.1 Å². The quantitative estimate of drug-likeness (QED) is 0.284. The third-order valence-corrected chi connectivity index (χ3v) is 7.05. The molecule has 0 saturated carbocycles. The number of aromatic nitrogens is 4. The molecule has 0 unspecified atom stereocenters. The highest BCUT2D eigenvalue weighted by atomic mass is 35.5. The highest BCUT2D eigenvalue weighted by Gasteiger charge is 2.18. The first-order valence-electron chi connectivity index (χ1n) is 10.7. The van der Waals surface area contributed by atoms with E-state index in [-0.39, 0.29) is 40.1 Å². The molecular weight excluding hydrogens is 559 g/mol. The van der Waals surface area contributed by atoms with E-state index in [4.69, 9.17) is 37.4 Å². The molecule has 15 heteroatoms. The molecule has 38 heavy (non-hydrogen) atoms. The van der Waals surface area contributed by atoms with Crippen LogP contribution in [0, 0.1) is 0 Å². The number of nitrogens with one attached hydrogen (secondary N) is 2. The van der Waals surface area contributed by atoms with Crippen molar-refractivity contribution in [1.29, 1.82) is 0 Å². The van der Waals surface area contributed by atoms with Crippen LogP contribution in [0.1, 0.15) is 10.5 Å². The molecule has 0 bridgehead atoms. The molecular formula is C23H20Cl2N6O6S. The molecule has 4 aromatic rings. The minimum atomic E-state index is -4.00. The number of hydrogen-bond donors (Lipinski definition) is 2. The van der Waals surface area contributed by atoms with Gasteiger partial charge in [0.15, 0.2) is 18.2 Å². The largest absolute Gasteiger partial charge is 0.481 e. The van der Waals surface area contributed by atoms with Crippen LogP contribution < -0.4 is 24.2 Å². The Labute approximate surface area is 227 Å². The summed E-state index contributed by atoms with van der Waals surface area (Å²) < 4.78 is 44.9. The monoisotopic (exact) mass is 578 g/mol. The van der Waals surface area contributed by atoms with E-state index in [1.54, 1.807) is 24.4 Å². The molecule has 2 aromatic carbocycles. The number of hydrogen-bond acceptors (Lipinski definition) is 9. The molecule has 0 saturated heterocycles. The summed E-state index contributed by atoms with van der Waals surface area (Å²) in [5.74, 6) is -0.0419. The Balaban J connectivity index is 1.38. The first-order valence-corrected chi connectivity index (χ1v) is 12.9. The average Bonchev–Trinajstić information content (AvgIpc) is 3.38. The third kappa shape index (κ3) is 6.43. The lowest BCUT2D eigenvalue weighted by Gasteiger charge is -2.10. The van der Waals surface area contributed by atoms with Gasteiger partial charge in [0.05, 0.1) is 24.1 Å². The van der Waals surface area contributed by atoms with Crippen molar-refractivity contribution in [2.75, 3.05) is 24.3 Å². The van der Waals surface area contributed by atoms with Crippen LogP contribution in [0.4, 0.5) is 11.5 Å². The van der Waals surface area contributed by atoms with Gasteiger partial charge in [-0.05, 0) is 42.5 Å². The summed E-state index contributed by atoms with van der Waals surface area (Å²) in [6.45, 7) is -0.00299. The first-order chi connectivity index (χ1) is 18.2. The van der Waals surface area contributed by atoms with E-state index in [9.17, 15) is 13.2 Å². The number of benzene rings is 2. The Bertz CT molecular complexity index is 1540. The van der Waals surface area contributed by atoms with Crippen LogP contribution in [0.25, 0.3) is 0 Å². The van der Waals surface area contributed by atoms with Gasteiger partial charge in [0.25, 0.3) is 15.9 Å². The SMILES string of the molecule is COc1cc(NS(=O)(=O)c2ccc(NC(=O)c3ccn(COc4cccc(Cl)c4Cl)n3)cc2)nc(OC)n1. The summed E-state index contributed by atoms with van der Waals surface area (Å²) in [7, 11) is -1.28. The maximum atomic E-state index is 12.8. The second-order valence-electron chi connectivity index (χ2n) is 7.43. The fourth-order valence-electron chi connectivity index (χ4n) is 3.05. The number of rotatable bonds is 10. The number of ether oxygens (including phenoxy) is 3. The van der Waals surface area contributed by atoms with Crippen LogP contribution in [0.3, 0.4) is 0 Å². The van der Waals surface area contributed by atoms with Crippen LogP contribution in [-0.2, 0) is 16.8 Å².